The number of likely N-dealkylation sites (N-methyl/N-ethyl adjacent to an activating group) is 1. The molecule has 0 spiro atoms. The van der Waals surface area contributed by atoms with Crippen LogP contribution in [0.15, 0.2) is 5.10 Å². The summed E-state index contributed by atoms with van der Waals surface area (Å²) < 4.78 is 0. The minimum atomic E-state index is -1.31. The van der Waals surface area contributed by atoms with Gasteiger partial charge in [0.05, 0.1) is 0 Å². The highest BCUT2D eigenvalue weighted by atomic mass is 16.4. The Morgan fingerprint density at radius 1 is 1.42 bits per heavy atom. The van der Waals surface area contributed by atoms with Crippen molar-refractivity contribution in [1.29, 1.82) is 0 Å². The van der Waals surface area contributed by atoms with Gasteiger partial charge >= 0.3 is 5.97 Å². The van der Waals surface area contributed by atoms with Crippen LogP contribution >= 0.6 is 0 Å². The van der Waals surface area contributed by atoms with Crippen LogP contribution in [0, 0.1) is 0 Å². The average Bonchev–Trinajstić information content (AvgIpc) is 2.32. The maximum Gasteiger partial charge on any atom is 0.329 e. The Balaban J connectivity index is 3.01. The number of aliphatic carboxylic acids is 1. The van der Waals surface area contributed by atoms with Gasteiger partial charge in [-0.15, -0.1) is 0 Å². The fourth-order valence-electron chi connectivity index (χ4n) is 1.89. The Labute approximate surface area is 111 Å². The molecule has 0 atom stereocenters. The van der Waals surface area contributed by atoms with Gasteiger partial charge in [-0.3, -0.25) is 9.59 Å². The van der Waals surface area contributed by atoms with Crippen molar-refractivity contribution in [1.82, 2.24) is 9.91 Å². The maximum absolute atomic E-state index is 12.3. The Bertz CT molecular complexity index is 442. The van der Waals surface area contributed by atoms with Crippen LogP contribution in [0.5, 0.6) is 0 Å². The van der Waals surface area contributed by atoms with E-state index in [0.717, 1.165) is 5.01 Å². The van der Waals surface area contributed by atoms with Gasteiger partial charge in [-0.05, 0) is 20.8 Å². The van der Waals surface area contributed by atoms with E-state index in [1.165, 1.54) is 25.8 Å². The largest absolute Gasteiger partial charge is 0.480 e. The third kappa shape index (κ3) is 2.91. The topological polar surface area (TPSA) is 90.3 Å². The first-order valence-corrected chi connectivity index (χ1v) is 6.11. The highest BCUT2D eigenvalue weighted by Gasteiger charge is 2.39. The Morgan fingerprint density at radius 3 is 2.42 bits per heavy atom. The standard InChI is InChI=1S/C12H19N3O4/c1-5-15(12(2,3)11(18)19)10(17)8-6-7-9(16)14(4)13-8/h5-7H2,1-4H3,(H,18,19). The van der Waals surface area contributed by atoms with Gasteiger partial charge in [0.1, 0.15) is 11.3 Å². The lowest BCUT2D eigenvalue weighted by atomic mass is 10.0. The van der Waals surface area contributed by atoms with E-state index in [1.807, 2.05) is 0 Å². The highest BCUT2D eigenvalue weighted by molar-refractivity contribution is 6.39. The molecule has 1 heterocycles. The fraction of sp³-hybridized carbons (Fsp3) is 0.667. The second kappa shape index (κ2) is 5.38. The minimum absolute atomic E-state index is 0.155. The fourth-order valence-corrected chi connectivity index (χ4v) is 1.89. The SMILES string of the molecule is CCN(C(=O)C1=NN(C)C(=O)CC1)C(C)(C)C(=O)O. The molecule has 7 heteroatoms. The molecule has 7 nitrogen and oxygen atoms in total. The van der Waals surface area contributed by atoms with Crippen molar-refractivity contribution in [2.45, 2.75) is 39.2 Å². The number of nitrogens with zero attached hydrogens (tertiary/aromatic N) is 3. The normalized spacial score (nSPS) is 16.1. The van der Waals surface area contributed by atoms with E-state index in [1.54, 1.807) is 6.92 Å². The van der Waals surface area contributed by atoms with Crippen LogP contribution in [0.4, 0.5) is 0 Å². The predicted octanol–water partition coefficient (Wildman–Crippen LogP) is 0.306. The van der Waals surface area contributed by atoms with Crippen LogP contribution in [0.2, 0.25) is 0 Å². The number of hydrogen-bond acceptors (Lipinski definition) is 4. The first kappa shape index (κ1) is 15.1. The lowest BCUT2D eigenvalue weighted by Crippen LogP contribution is -2.55. The summed E-state index contributed by atoms with van der Waals surface area (Å²) in [5, 5.41) is 14.2. The molecule has 1 rings (SSSR count). The van der Waals surface area contributed by atoms with E-state index >= 15 is 0 Å². The molecule has 19 heavy (non-hydrogen) atoms. The lowest BCUT2D eigenvalue weighted by Gasteiger charge is -2.35. The number of carbonyl (C=O) groups excluding carboxylic acids is 2. The zero-order chi connectivity index (χ0) is 14.8. The molecular formula is C12H19N3O4. The number of hydrogen-bond donors (Lipinski definition) is 1. The molecule has 0 aromatic rings. The summed E-state index contributed by atoms with van der Waals surface area (Å²) in [5.41, 5.74) is -1.09. The van der Waals surface area contributed by atoms with Gasteiger partial charge in [0, 0.05) is 26.4 Å². The summed E-state index contributed by atoms with van der Waals surface area (Å²) >= 11 is 0. The van der Waals surface area contributed by atoms with Gasteiger partial charge in [0.25, 0.3) is 5.91 Å². The molecule has 0 bridgehead atoms. The van der Waals surface area contributed by atoms with Crippen molar-refractivity contribution in [3.05, 3.63) is 0 Å². The smallest absolute Gasteiger partial charge is 0.329 e. The predicted molar refractivity (Wildman–Crippen MR) is 68.5 cm³/mol. The van der Waals surface area contributed by atoms with E-state index in [4.69, 9.17) is 0 Å². The Hall–Kier alpha value is -1.92. The third-order valence-corrected chi connectivity index (χ3v) is 3.21. The number of carboxylic acid groups (broad SMARTS) is 1. The molecule has 1 aliphatic heterocycles. The molecule has 0 aliphatic carbocycles. The van der Waals surface area contributed by atoms with Crippen LogP contribution in [-0.4, -0.2) is 57.6 Å². The molecule has 2 amide bonds. The van der Waals surface area contributed by atoms with E-state index < -0.39 is 17.4 Å². The third-order valence-electron chi connectivity index (χ3n) is 3.21. The number of rotatable bonds is 4. The van der Waals surface area contributed by atoms with E-state index in [-0.39, 0.29) is 31.0 Å². The summed E-state index contributed by atoms with van der Waals surface area (Å²) in [6.07, 6.45) is 0.459. The van der Waals surface area contributed by atoms with Gasteiger partial charge in [0.2, 0.25) is 5.91 Å². The molecular weight excluding hydrogens is 250 g/mol. The molecule has 0 aromatic carbocycles. The molecule has 0 radical (unpaired) electrons. The Morgan fingerprint density at radius 2 is 2.00 bits per heavy atom. The van der Waals surface area contributed by atoms with Crippen LogP contribution in [-0.2, 0) is 14.4 Å². The minimum Gasteiger partial charge on any atom is -0.480 e. The molecule has 0 saturated heterocycles. The first-order valence-electron chi connectivity index (χ1n) is 6.11. The van der Waals surface area contributed by atoms with Gasteiger partial charge in [-0.1, -0.05) is 0 Å². The highest BCUT2D eigenvalue weighted by Crippen LogP contribution is 2.18. The molecule has 1 aliphatic rings. The lowest BCUT2D eigenvalue weighted by molar-refractivity contribution is -0.154. The van der Waals surface area contributed by atoms with Crippen LogP contribution in [0.1, 0.15) is 33.6 Å². The van der Waals surface area contributed by atoms with Crippen molar-refractivity contribution in [3.8, 4) is 0 Å². The van der Waals surface area contributed by atoms with Crippen molar-refractivity contribution >= 4 is 23.5 Å². The second-order valence-corrected chi connectivity index (χ2v) is 4.88. The monoisotopic (exact) mass is 269 g/mol. The average molecular weight is 269 g/mol. The second-order valence-electron chi connectivity index (χ2n) is 4.88. The quantitative estimate of drug-likeness (QED) is 0.795. The van der Waals surface area contributed by atoms with Gasteiger partial charge in [-0.2, -0.15) is 5.10 Å². The maximum atomic E-state index is 12.3. The molecule has 1 N–H and O–H groups in total. The molecule has 0 aromatic heterocycles. The molecule has 0 unspecified atom stereocenters. The molecule has 0 saturated carbocycles. The van der Waals surface area contributed by atoms with Crippen molar-refractivity contribution in [2.24, 2.45) is 5.10 Å². The van der Waals surface area contributed by atoms with Crippen LogP contribution < -0.4 is 0 Å². The van der Waals surface area contributed by atoms with Crippen molar-refractivity contribution < 1.29 is 19.5 Å². The van der Waals surface area contributed by atoms with Gasteiger partial charge < -0.3 is 10.0 Å². The molecule has 106 valence electrons. The van der Waals surface area contributed by atoms with Crippen molar-refractivity contribution in [2.75, 3.05) is 13.6 Å². The zero-order valence-corrected chi connectivity index (χ0v) is 11.6. The van der Waals surface area contributed by atoms with Crippen molar-refractivity contribution in [3.63, 3.8) is 0 Å². The van der Waals surface area contributed by atoms with Crippen LogP contribution in [0.3, 0.4) is 0 Å². The summed E-state index contributed by atoms with van der Waals surface area (Å²) in [4.78, 5) is 36.1. The summed E-state index contributed by atoms with van der Waals surface area (Å²) in [6.45, 7) is 4.90. The van der Waals surface area contributed by atoms with E-state index in [2.05, 4.69) is 5.10 Å². The number of hydrazone groups is 1. The summed E-state index contributed by atoms with van der Waals surface area (Å²) in [6, 6.07) is 0. The number of amides is 2. The summed E-state index contributed by atoms with van der Waals surface area (Å²) in [5.74, 6) is -1.67. The number of carbonyl (C=O) groups is 3. The zero-order valence-electron chi connectivity index (χ0n) is 11.6. The van der Waals surface area contributed by atoms with E-state index in [0.29, 0.717) is 0 Å². The summed E-state index contributed by atoms with van der Waals surface area (Å²) in [7, 11) is 1.48. The van der Waals surface area contributed by atoms with Gasteiger partial charge in [-0.25, -0.2) is 9.80 Å². The Kier molecular flexibility index (Phi) is 4.28. The van der Waals surface area contributed by atoms with E-state index in [9.17, 15) is 19.5 Å². The first-order chi connectivity index (χ1) is 8.71. The van der Waals surface area contributed by atoms with Gasteiger partial charge in [0.15, 0.2) is 0 Å². The van der Waals surface area contributed by atoms with Crippen LogP contribution in [0.25, 0.3) is 0 Å². The number of carboxylic acids is 1. The molecule has 0 fully saturated rings.